The third-order valence-corrected chi connectivity index (χ3v) is 3.20. The first-order valence-corrected chi connectivity index (χ1v) is 6.17. The molecule has 0 aliphatic rings. The number of halogens is 5. The predicted molar refractivity (Wildman–Crippen MR) is 65.3 cm³/mol. The molecule has 2 aromatic rings. The molecule has 10 heteroatoms. The van der Waals surface area contributed by atoms with Crippen molar-refractivity contribution >= 4 is 17.7 Å². The first-order valence-electron chi connectivity index (χ1n) is 5.35. The van der Waals surface area contributed by atoms with Crippen LogP contribution in [0.25, 0.3) is 0 Å². The first kappa shape index (κ1) is 15.4. The van der Waals surface area contributed by atoms with Gasteiger partial charge in [0.25, 0.3) is 0 Å². The van der Waals surface area contributed by atoms with Crippen molar-refractivity contribution in [1.29, 1.82) is 0 Å². The Balaban J connectivity index is 2.39. The van der Waals surface area contributed by atoms with Crippen molar-refractivity contribution in [3.8, 4) is 0 Å². The molecule has 21 heavy (non-hydrogen) atoms. The van der Waals surface area contributed by atoms with E-state index in [1.807, 2.05) is 5.43 Å². The third-order valence-electron chi connectivity index (χ3n) is 2.23. The molecule has 0 aliphatic heterocycles. The fourth-order valence-electron chi connectivity index (χ4n) is 1.36. The highest BCUT2D eigenvalue weighted by molar-refractivity contribution is 7.99. The van der Waals surface area contributed by atoms with Crippen LogP contribution in [0.4, 0.5) is 27.9 Å². The highest BCUT2D eigenvalue weighted by Gasteiger charge is 2.33. The van der Waals surface area contributed by atoms with E-state index in [4.69, 9.17) is 5.84 Å². The van der Waals surface area contributed by atoms with Crippen LogP contribution in [0, 0.1) is 11.6 Å². The van der Waals surface area contributed by atoms with Gasteiger partial charge >= 0.3 is 6.18 Å². The number of nitrogens with zero attached hydrogens (tertiary/aromatic N) is 2. The van der Waals surface area contributed by atoms with Crippen molar-refractivity contribution in [2.75, 3.05) is 5.43 Å². The number of rotatable bonds is 3. The average molecular weight is 322 g/mol. The molecule has 0 radical (unpaired) electrons. The summed E-state index contributed by atoms with van der Waals surface area (Å²) >= 11 is 0.594. The Hall–Kier alpha value is -1.94. The molecule has 0 saturated heterocycles. The molecule has 0 unspecified atom stereocenters. The summed E-state index contributed by atoms with van der Waals surface area (Å²) in [5, 5.41) is -0.184. The van der Waals surface area contributed by atoms with E-state index in [-0.39, 0.29) is 9.92 Å². The Kier molecular flexibility index (Phi) is 4.28. The molecule has 0 bridgehead atoms. The van der Waals surface area contributed by atoms with Crippen molar-refractivity contribution in [2.45, 2.75) is 16.1 Å². The second-order valence-electron chi connectivity index (χ2n) is 3.73. The fraction of sp³-hybridized carbons (Fsp3) is 0.0909. The van der Waals surface area contributed by atoms with Gasteiger partial charge in [-0.15, -0.1) is 0 Å². The number of anilines is 1. The lowest BCUT2D eigenvalue weighted by Crippen LogP contribution is -2.15. The lowest BCUT2D eigenvalue weighted by atomic mass is 10.3. The molecule has 1 aromatic heterocycles. The van der Waals surface area contributed by atoms with Crippen molar-refractivity contribution in [2.24, 2.45) is 5.84 Å². The van der Waals surface area contributed by atoms with E-state index >= 15 is 0 Å². The van der Waals surface area contributed by atoms with Gasteiger partial charge in [0.2, 0.25) is 5.95 Å². The second kappa shape index (κ2) is 5.82. The van der Waals surface area contributed by atoms with E-state index in [9.17, 15) is 22.0 Å². The van der Waals surface area contributed by atoms with Gasteiger partial charge in [0.05, 0.1) is 0 Å². The molecule has 112 valence electrons. The molecule has 0 spiro atoms. The van der Waals surface area contributed by atoms with Crippen LogP contribution in [0.2, 0.25) is 0 Å². The van der Waals surface area contributed by atoms with Gasteiger partial charge in [-0.1, -0.05) is 11.8 Å². The van der Waals surface area contributed by atoms with Gasteiger partial charge in [-0.05, 0) is 12.1 Å². The fourth-order valence-corrected chi connectivity index (χ4v) is 2.18. The smallest absolute Gasteiger partial charge is 0.292 e. The van der Waals surface area contributed by atoms with Gasteiger partial charge in [0, 0.05) is 17.0 Å². The van der Waals surface area contributed by atoms with Gasteiger partial charge in [-0.2, -0.15) is 13.2 Å². The zero-order valence-corrected chi connectivity index (χ0v) is 10.9. The first-order chi connectivity index (χ1) is 9.79. The van der Waals surface area contributed by atoms with Gasteiger partial charge in [-0.25, -0.2) is 24.6 Å². The monoisotopic (exact) mass is 322 g/mol. The van der Waals surface area contributed by atoms with Crippen LogP contribution in [0.15, 0.2) is 34.2 Å². The van der Waals surface area contributed by atoms with E-state index in [0.717, 1.165) is 12.1 Å². The molecule has 0 saturated carbocycles. The lowest BCUT2D eigenvalue weighted by molar-refractivity contribution is -0.141. The normalized spacial score (nSPS) is 11.5. The quantitative estimate of drug-likeness (QED) is 0.393. The summed E-state index contributed by atoms with van der Waals surface area (Å²) in [4.78, 5) is 6.76. The zero-order chi connectivity index (χ0) is 15.6. The van der Waals surface area contributed by atoms with Gasteiger partial charge in [0.1, 0.15) is 16.7 Å². The van der Waals surface area contributed by atoms with Crippen LogP contribution in [-0.2, 0) is 6.18 Å². The Morgan fingerprint density at radius 3 is 2.38 bits per heavy atom. The van der Waals surface area contributed by atoms with Crippen molar-refractivity contribution < 1.29 is 22.0 Å². The minimum Gasteiger partial charge on any atom is -0.292 e. The number of aromatic nitrogens is 2. The molecule has 0 aliphatic carbocycles. The molecule has 3 N–H and O–H groups in total. The van der Waals surface area contributed by atoms with Gasteiger partial charge in [-0.3, -0.25) is 5.43 Å². The van der Waals surface area contributed by atoms with Crippen LogP contribution in [0.1, 0.15) is 5.69 Å². The second-order valence-corrected chi connectivity index (χ2v) is 4.80. The number of hydrazine groups is 1. The van der Waals surface area contributed by atoms with E-state index in [2.05, 4.69) is 9.97 Å². The number of alkyl halides is 3. The zero-order valence-electron chi connectivity index (χ0n) is 10.1. The molecule has 2 rings (SSSR count). The number of nitrogen functional groups attached to an aromatic ring is 1. The Labute approximate surface area is 119 Å². The Morgan fingerprint density at radius 1 is 1.10 bits per heavy atom. The van der Waals surface area contributed by atoms with Gasteiger partial charge in [0.15, 0.2) is 5.69 Å². The number of hydrogen-bond donors (Lipinski definition) is 2. The standard InChI is InChI=1S/C11H7F5N4S/c12-5-1-2-7(6(13)3-5)21-9-4-8(11(14,15)16)18-10(19-9)20-17/h1-4H,17H2,(H,18,19,20). The SMILES string of the molecule is NNc1nc(Sc2ccc(F)cc2F)cc(C(F)(F)F)n1. The maximum absolute atomic E-state index is 13.5. The summed E-state index contributed by atoms with van der Waals surface area (Å²) in [5.74, 6) is 2.84. The minimum atomic E-state index is -4.70. The molecule has 0 atom stereocenters. The van der Waals surface area contributed by atoms with E-state index in [1.165, 1.54) is 0 Å². The number of hydrogen-bond acceptors (Lipinski definition) is 5. The summed E-state index contributed by atoms with van der Waals surface area (Å²) in [5.41, 5.74) is 0.674. The lowest BCUT2D eigenvalue weighted by Gasteiger charge is -2.10. The van der Waals surface area contributed by atoms with E-state index < -0.39 is 29.5 Å². The summed E-state index contributed by atoms with van der Waals surface area (Å²) in [6.45, 7) is 0. The molecule has 4 nitrogen and oxygen atoms in total. The Morgan fingerprint density at radius 2 is 1.81 bits per heavy atom. The molecule has 0 fully saturated rings. The molecule has 1 aromatic carbocycles. The largest absolute Gasteiger partial charge is 0.433 e. The van der Waals surface area contributed by atoms with Crippen LogP contribution >= 0.6 is 11.8 Å². The molecule has 1 heterocycles. The topological polar surface area (TPSA) is 63.8 Å². The maximum atomic E-state index is 13.5. The number of benzene rings is 1. The van der Waals surface area contributed by atoms with Crippen molar-refractivity contribution in [3.63, 3.8) is 0 Å². The molecular weight excluding hydrogens is 315 g/mol. The Bertz CT molecular complexity index is 662. The van der Waals surface area contributed by atoms with Gasteiger partial charge < -0.3 is 0 Å². The van der Waals surface area contributed by atoms with Crippen LogP contribution < -0.4 is 11.3 Å². The van der Waals surface area contributed by atoms with Crippen LogP contribution in [-0.4, -0.2) is 9.97 Å². The highest BCUT2D eigenvalue weighted by Crippen LogP contribution is 2.34. The summed E-state index contributed by atoms with van der Waals surface area (Å²) in [6.07, 6.45) is -4.70. The molecular formula is C11H7F5N4S. The van der Waals surface area contributed by atoms with E-state index in [1.54, 1.807) is 0 Å². The van der Waals surface area contributed by atoms with Crippen molar-refractivity contribution in [3.05, 3.63) is 41.6 Å². The molecule has 0 amide bonds. The summed E-state index contributed by atoms with van der Waals surface area (Å²) in [6, 6.07) is 3.35. The van der Waals surface area contributed by atoms with Crippen molar-refractivity contribution in [1.82, 2.24) is 9.97 Å². The minimum absolute atomic E-state index is 0.0776. The van der Waals surface area contributed by atoms with Crippen LogP contribution in [0.5, 0.6) is 0 Å². The number of nitrogens with one attached hydrogen (secondary N) is 1. The average Bonchev–Trinajstić information content (AvgIpc) is 2.40. The maximum Gasteiger partial charge on any atom is 0.433 e. The highest BCUT2D eigenvalue weighted by atomic mass is 32.2. The number of nitrogens with two attached hydrogens (primary N) is 1. The summed E-state index contributed by atoms with van der Waals surface area (Å²) in [7, 11) is 0. The van der Waals surface area contributed by atoms with Crippen LogP contribution in [0.3, 0.4) is 0 Å². The third kappa shape index (κ3) is 3.79. The predicted octanol–water partition coefficient (Wildman–Crippen LogP) is 3.21. The van der Waals surface area contributed by atoms with E-state index in [0.29, 0.717) is 23.9 Å². The summed E-state index contributed by atoms with van der Waals surface area (Å²) < 4.78 is 64.3.